The molecule has 0 radical (unpaired) electrons. The molecule has 24 heavy (non-hydrogen) atoms. The summed E-state index contributed by atoms with van der Waals surface area (Å²) < 4.78 is 5.37. The van der Waals surface area contributed by atoms with Crippen LogP contribution < -0.4 is 10.6 Å². The van der Waals surface area contributed by atoms with Gasteiger partial charge < -0.3 is 15.4 Å². The molecule has 0 saturated carbocycles. The Morgan fingerprint density at radius 1 is 1.33 bits per heavy atom. The number of nitrogens with one attached hydrogen (secondary N) is 2. The third-order valence-corrected chi connectivity index (χ3v) is 5.33. The van der Waals surface area contributed by atoms with E-state index in [-0.39, 0.29) is 0 Å². The van der Waals surface area contributed by atoms with E-state index in [0.717, 1.165) is 45.1 Å². The van der Waals surface area contributed by atoms with Gasteiger partial charge in [-0.3, -0.25) is 9.89 Å². The van der Waals surface area contributed by atoms with Gasteiger partial charge in [0.25, 0.3) is 0 Å². The molecule has 0 amide bonds. The smallest absolute Gasteiger partial charge is 0.191 e. The average molecular weight is 353 g/mol. The number of guanidine groups is 1. The van der Waals surface area contributed by atoms with E-state index in [1.165, 1.54) is 30.8 Å². The minimum atomic E-state index is 0.448. The SMILES string of the molecule is CCOCCCCNC(=NC)NCC(c1cccs1)N1CCCC1. The average Bonchev–Trinajstić information content (AvgIpc) is 3.30. The highest BCUT2D eigenvalue weighted by Crippen LogP contribution is 2.27. The molecule has 1 atom stereocenters. The molecule has 1 unspecified atom stereocenters. The van der Waals surface area contributed by atoms with Gasteiger partial charge in [0.15, 0.2) is 5.96 Å². The van der Waals surface area contributed by atoms with Gasteiger partial charge in [-0.15, -0.1) is 11.3 Å². The summed E-state index contributed by atoms with van der Waals surface area (Å²) in [4.78, 5) is 8.38. The number of unbranched alkanes of at least 4 members (excludes halogenated alkanes) is 1. The quantitative estimate of drug-likeness (QED) is 0.386. The predicted molar refractivity (Wildman–Crippen MR) is 103 cm³/mol. The molecule has 1 aromatic rings. The zero-order valence-electron chi connectivity index (χ0n) is 15.1. The lowest BCUT2D eigenvalue weighted by molar-refractivity contribution is 0.143. The van der Waals surface area contributed by atoms with E-state index in [0.29, 0.717) is 6.04 Å². The summed E-state index contributed by atoms with van der Waals surface area (Å²) in [5.74, 6) is 0.896. The number of rotatable bonds is 10. The molecule has 1 aliphatic heterocycles. The predicted octanol–water partition coefficient (Wildman–Crippen LogP) is 2.87. The second-order valence-corrected chi connectivity index (χ2v) is 7.04. The Morgan fingerprint density at radius 3 is 2.83 bits per heavy atom. The highest BCUT2D eigenvalue weighted by Gasteiger charge is 2.24. The second-order valence-electron chi connectivity index (χ2n) is 6.06. The summed E-state index contributed by atoms with van der Waals surface area (Å²) in [6.07, 6.45) is 4.81. The molecule has 0 aliphatic carbocycles. The molecule has 136 valence electrons. The Hall–Kier alpha value is -1.11. The van der Waals surface area contributed by atoms with Crippen molar-refractivity contribution in [3.05, 3.63) is 22.4 Å². The first-order valence-corrected chi connectivity index (χ1v) is 10.0. The monoisotopic (exact) mass is 352 g/mol. The molecular formula is C18H32N4OS. The number of ether oxygens (including phenoxy) is 1. The van der Waals surface area contributed by atoms with E-state index in [2.05, 4.69) is 38.0 Å². The van der Waals surface area contributed by atoms with Crippen LogP contribution in [0.25, 0.3) is 0 Å². The molecule has 1 fully saturated rings. The Balaban J connectivity index is 1.75. The lowest BCUT2D eigenvalue weighted by Gasteiger charge is -2.27. The van der Waals surface area contributed by atoms with Crippen LogP contribution in [0.4, 0.5) is 0 Å². The standard InChI is InChI=1S/C18H32N4OS/c1-3-23-13-7-4-10-20-18(19-2)21-15-16(17-9-8-14-24-17)22-11-5-6-12-22/h8-9,14,16H,3-7,10-13,15H2,1-2H3,(H2,19,20,21). The van der Waals surface area contributed by atoms with Gasteiger partial charge >= 0.3 is 0 Å². The van der Waals surface area contributed by atoms with Crippen LogP contribution in [0.5, 0.6) is 0 Å². The van der Waals surface area contributed by atoms with E-state index >= 15 is 0 Å². The third-order valence-electron chi connectivity index (χ3n) is 4.35. The fraction of sp³-hybridized carbons (Fsp3) is 0.722. The lowest BCUT2D eigenvalue weighted by atomic mass is 10.2. The normalized spacial score (nSPS) is 17.2. The molecule has 5 nitrogen and oxygen atoms in total. The van der Waals surface area contributed by atoms with Gasteiger partial charge in [0, 0.05) is 38.2 Å². The maximum absolute atomic E-state index is 5.37. The number of nitrogens with zero attached hydrogens (tertiary/aromatic N) is 2. The van der Waals surface area contributed by atoms with Crippen LogP contribution in [0.2, 0.25) is 0 Å². The van der Waals surface area contributed by atoms with Crippen LogP contribution in [-0.2, 0) is 4.74 Å². The van der Waals surface area contributed by atoms with Gasteiger partial charge in [-0.25, -0.2) is 0 Å². The second kappa shape index (κ2) is 11.4. The first kappa shape index (κ1) is 19.2. The molecule has 0 aromatic carbocycles. The Bertz CT molecular complexity index is 458. The molecule has 1 aromatic heterocycles. The van der Waals surface area contributed by atoms with Gasteiger partial charge in [-0.05, 0) is 57.1 Å². The maximum Gasteiger partial charge on any atom is 0.191 e. The number of aliphatic imine (C=N–C) groups is 1. The summed E-state index contributed by atoms with van der Waals surface area (Å²) in [6.45, 7) is 7.92. The number of hydrogen-bond donors (Lipinski definition) is 2. The van der Waals surface area contributed by atoms with Crippen LogP contribution in [-0.4, -0.2) is 57.3 Å². The number of thiophene rings is 1. The lowest BCUT2D eigenvalue weighted by Crippen LogP contribution is -2.42. The van der Waals surface area contributed by atoms with Crippen molar-refractivity contribution in [3.63, 3.8) is 0 Å². The van der Waals surface area contributed by atoms with E-state index in [4.69, 9.17) is 4.74 Å². The van der Waals surface area contributed by atoms with Gasteiger partial charge in [0.05, 0.1) is 6.04 Å². The van der Waals surface area contributed by atoms with E-state index in [1.54, 1.807) is 0 Å². The largest absolute Gasteiger partial charge is 0.382 e. The van der Waals surface area contributed by atoms with Crippen molar-refractivity contribution in [1.82, 2.24) is 15.5 Å². The van der Waals surface area contributed by atoms with Crippen LogP contribution in [0.15, 0.2) is 22.5 Å². The molecule has 0 spiro atoms. The molecular weight excluding hydrogens is 320 g/mol. The van der Waals surface area contributed by atoms with E-state index < -0.39 is 0 Å². The Morgan fingerprint density at radius 2 is 2.17 bits per heavy atom. The molecule has 1 aliphatic rings. The number of likely N-dealkylation sites (tertiary alicyclic amines) is 1. The van der Waals surface area contributed by atoms with Crippen LogP contribution >= 0.6 is 11.3 Å². The van der Waals surface area contributed by atoms with Crippen molar-refractivity contribution in [2.75, 3.05) is 46.4 Å². The summed E-state index contributed by atoms with van der Waals surface area (Å²) in [5.41, 5.74) is 0. The van der Waals surface area contributed by atoms with E-state index in [9.17, 15) is 0 Å². The summed E-state index contributed by atoms with van der Waals surface area (Å²) in [6, 6.07) is 4.84. The molecule has 2 heterocycles. The Labute approximate surface area is 150 Å². The zero-order valence-corrected chi connectivity index (χ0v) is 15.9. The van der Waals surface area contributed by atoms with Crippen molar-refractivity contribution in [3.8, 4) is 0 Å². The minimum absolute atomic E-state index is 0.448. The highest BCUT2D eigenvalue weighted by atomic mass is 32.1. The molecule has 2 N–H and O–H groups in total. The molecule has 0 bridgehead atoms. The van der Waals surface area contributed by atoms with E-state index in [1.807, 2.05) is 25.3 Å². The van der Waals surface area contributed by atoms with Crippen molar-refractivity contribution in [1.29, 1.82) is 0 Å². The maximum atomic E-state index is 5.37. The van der Waals surface area contributed by atoms with Crippen LogP contribution in [0.3, 0.4) is 0 Å². The fourth-order valence-electron chi connectivity index (χ4n) is 3.04. The van der Waals surface area contributed by atoms with Gasteiger partial charge in [-0.1, -0.05) is 6.07 Å². The first-order chi connectivity index (χ1) is 11.8. The zero-order chi connectivity index (χ0) is 17.0. The van der Waals surface area contributed by atoms with Gasteiger partial charge in [0.2, 0.25) is 0 Å². The van der Waals surface area contributed by atoms with Crippen LogP contribution in [0.1, 0.15) is 43.5 Å². The first-order valence-electron chi connectivity index (χ1n) is 9.15. The van der Waals surface area contributed by atoms with Crippen molar-refractivity contribution in [2.45, 2.75) is 38.6 Å². The van der Waals surface area contributed by atoms with Crippen molar-refractivity contribution in [2.24, 2.45) is 4.99 Å². The van der Waals surface area contributed by atoms with Crippen LogP contribution in [0, 0.1) is 0 Å². The minimum Gasteiger partial charge on any atom is -0.382 e. The molecule has 6 heteroatoms. The summed E-state index contributed by atoms with van der Waals surface area (Å²) in [5, 5.41) is 9.09. The summed E-state index contributed by atoms with van der Waals surface area (Å²) in [7, 11) is 1.84. The summed E-state index contributed by atoms with van der Waals surface area (Å²) >= 11 is 1.85. The highest BCUT2D eigenvalue weighted by molar-refractivity contribution is 7.10. The molecule has 1 saturated heterocycles. The van der Waals surface area contributed by atoms with Gasteiger partial charge in [0.1, 0.15) is 0 Å². The number of hydrogen-bond acceptors (Lipinski definition) is 4. The topological polar surface area (TPSA) is 48.9 Å². The molecule has 2 rings (SSSR count). The third kappa shape index (κ3) is 6.42. The fourth-order valence-corrected chi connectivity index (χ4v) is 3.90. The van der Waals surface area contributed by atoms with Crippen molar-refractivity contribution < 1.29 is 4.74 Å². The van der Waals surface area contributed by atoms with Crippen molar-refractivity contribution >= 4 is 17.3 Å². The Kier molecular flexibility index (Phi) is 9.16. The van der Waals surface area contributed by atoms with Gasteiger partial charge in [-0.2, -0.15) is 0 Å².